The van der Waals surface area contributed by atoms with Crippen LogP contribution in [0, 0.1) is 0 Å². The Kier molecular flexibility index (Phi) is 2.81. The molecule has 4 rings (SSSR count). The maximum Gasteiger partial charge on any atom is 0.317 e. The number of amides is 2. The summed E-state index contributed by atoms with van der Waals surface area (Å²) < 4.78 is 2.12. The van der Waals surface area contributed by atoms with Gasteiger partial charge in [0.1, 0.15) is 0 Å². The number of likely N-dealkylation sites (N-methyl/N-ethyl adjacent to an activating group) is 1. The second kappa shape index (κ2) is 4.61. The molecule has 1 aromatic heterocycles. The van der Waals surface area contributed by atoms with Crippen molar-refractivity contribution in [1.82, 2.24) is 9.47 Å². The zero-order valence-electron chi connectivity index (χ0n) is 12.0. The fourth-order valence-corrected chi connectivity index (χ4v) is 3.45. The van der Waals surface area contributed by atoms with E-state index in [0.29, 0.717) is 18.1 Å². The van der Waals surface area contributed by atoms with Gasteiger partial charge in [-0.15, -0.1) is 0 Å². The van der Waals surface area contributed by atoms with Gasteiger partial charge in [0.15, 0.2) is 0 Å². The molecule has 0 saturated carbocycles. The Morgan fingerprint density at radius 2 is 2.00 bits per heavy atom. The SMILES string of the molecule is CN1CC2c3cccn3Cc3ccc(Cl)cc3N2C(=O)C1=O. The number of benzene rings is 1. The normalized spacial score (nSPS) is 20.4. The highest BCUT2D eigenvalue weighted by atomic mass is 35.5. The molecule has 2 aromatic rings. The Morgan fingerprint density at radius 3 is 2.82 bits per heavy atom. The summed E-state index contributed by atoms with van der Waals surface area (Å²) in [5.74, 6) is -0.987. The third-order valence-electron chi connectivity index (χ3n) is 4.36. The monoisotopic (exact) mass is 315 g/mol. The highest BCUT2D eigenvalue weighted by Gasteiger charge is 2.42. The van der Waals surface area contributed by atoms with Crippen LogP contribution in [0.25, 0.3) is 0 Å². The lowest BCUT2D eigenvalue weighted by atomic mass is 10.1. The number of halogens is 1. The Hall–Kier alpha value is -2.27. The summed E-state index contributed by atoms with van der Waals surface area (Å²) in [5, 5.41) is 0.559. The number of hydrogen-bond donors (Lipinski definition) is 0. The number of carbonyl (C=O) groups excluding carboxylic acids is 2. The topological polar surface area (TPSA) is 45.5 Å². The molecule has 1 aromatic carbocycles. The van der Waals surface area contributed by atoms with Crippen molar-refractivity contribution in [3.8, 4) is 0 Å². The molecule has 22 heavy (non-hydrogen) atoms. The van der Waals surface area contributed by atoms with E-state index in [1.165, 1.54) is 4.90 Å². The number of piperazine rings is 1. The highest BCUT2D eigenvalue weighted by molar-refractivity contribution is 6.41. The van der Waals surface area contributed by atoms with Crippen LogP contribution in [0.2, 0.25) is 5.02 Å². The van der Waals surface area contributed by atoms with Gasteiger partial charge in [-0.05, 0) is 29.8 Å². The van der Waals surface area contributed by atoms with Crippen LogP contribution in [0.3, 0.4) is 0 Å². The van der Waals surface area contributed by atoms with Crippen LogP contribution in [0.1, 0.15) is 17.3 Å². The molecule has 2 amide bonds. The molecule has 1 saturated heterocycles. The average Bonchev–Trinajstić information content (AvgIpc) is 2.90. The summed E-state index contributed by atoms with van der Waals surface area (Å²) in [6.07, 6.45) is 2.00. The quantitative estimate of drug-likeness (QED) is 0.699. The third-order valence-corrected chi connectivity index (χ3v) is 4.60. The molecule has 5 nitrogen and oxygen atoms in total. The summed E-state index contributed by atoms with van der Waals surface area (Å²) in [7, 11) is 1.66. The average molecular weight is 316 g/mol. The van der Waals surface area contributed by atoms with E-state index in [2.05, 4.69) is 4.57 Å². The van der Waals surface area contributed by atoms with Gasteiger partial charge in [-0.3, -0.25) is 14.5 Å². The summed E-state index contributed by atoms with van der Waals surface area (Å²) in [5.41, 5.74) is 2.74. The number of fused-ring (bicyclic) bond motifs is 5. The standard InChI is InChI=1S/C16H14ClN3O2/c1-18-9-14-12-3-2-6-19(12)8-10-4-5-11(17)7-13(10)20(14)16(22)15(18)21/h2-7,14H,8-9H2,1H3. The predicted molar refractivity (Wildman–Crippen MR) is 82.9 cm³/mol. The molecule has 1 atom stereocenters. The van der Waals surface area contributed by atoms with Crippen LogP contribution >= 0.6 is 11.6 Å². The van der Waals surface area contributed by atoms with Crippen LogP contribution in [0.5, 0.6) is 0 Å². The number of nitrogens with zero attached hydrogens (tertiary/aromatic N) is 3. The van der Waals surface area contributed by atoms with Crippen molar-refractivity contribution in [1.29, 1.82) is 0 Å². The molecule has 112 valence electrons. The van der Waals surface area contributed by atoms with E-state index in [4.69, 9.17) is 11.6 Å². The van der Waals surface area contributed by atoms with Crippen molar-refractivity contribution in [2.45, 2.75) is 12.6 Å². The molecule has 0 N–H and O–H groups in total. The van der Waals surface area contributed by atoms with Gasteiger partial charge in [-0.2, -0.15) is 0 Å². The van der Waals surface area contributed by atoms with E-state index >= 15 is 0 Å². The van der Waals surface area contributed by atoms with Gasteiger partial charge < -0.3 is 9.47 Å². The number of carbonyl (C=O) groups is 2. The van der Waals surface area contributed by atoms with Crippen LogP contribution in [0.15, 0.2) is 36.5 Å². The predicted octanol–water partition coefficient (Wildman–Crippen LogP) is 2.05. The number of hydrogen-bond acceptors (Lipinski definition) is 2. The Labute approximate surface area is 132 Å². The van der Waals surface area contributed by atoms with E-state index in [9.17, 15) is 9.59 Å². The van der Waals surface area contributed by atoms with Gasteiger partial charge in [0.05, 0.1) is 11.7 Å². The van der Waals surface area contributed by atoms with Crippen LogP contribution < -0.4 is 4.90 Å². The second-order valence-electron chi connectivity index (χ2n) is 5.71. The lowest BCUT2D eigenvalue weighted by Crippen LogP contribution is -2.54. The van der Waals surface area contributed by atoms with Gasteiger partial charge in [0.25, 0.3) is 0 Å². The molecular weight excluding hydrogens is 302 g/mol. The van der Waals surface area contributed by atoms with Crippen molar-refractivity contribution in [3.05, 3.63) is 52.8 Å². The van der Waals surface area contributed by atoms with Crippen LogP contribution in [-0.2, 0) is 16.1 Å². The highest BCUT2D eigenvalue weighted by Crippen LogP contribution is 2.38. The molecule has 0 spiro atoms. The first-order valence-corrected chi connectivity index (χ1v) is 7.46. The molecule has 0 aliphatic carbocycles. The van der Waals surface area contributed by atoms with E-state index < -0.39 is 11.8 Å². The summed E-state index contributed by atoms with van der Waals surface area (Å²) in [6, 6.07) is 9.28. The molecule has 0 bridgehead atoms. The molecule has 1 unspecified atom stereocenters. The molecule has 2 aliphatic rings. The van der Waals surface area contributed by atoms with E-state index in [-0.39, 0.29) is 6.04 Å². The van der Waals surface area contributed by atoms with Crippen molar-refractivity contribution in [2.24, 2.45) is 0 Å². The van der Waals surface area contributed by atoms with E-state index in [1.807, 2.05) is 30.5 Å². The van der Waals surface area contributed by atoms with Crippen LogP contribution in [-0.4, -0.2) is 34.9 Å². The maximum atomic E-state index is 12.6. The Balaban J connectivity index is 1.97. The van der Waals surface area contributed by atoms with Crippen LogP contribution in [0.4, 0.5) is 5.69 Å². The summed E-state index contributed by atoms with van der Waals surface area (Å²) in [6.45, 7) is 1.13. The van der Waals surface area contributed by atoms with Crippen molar-refractivity contribution >= 4 is 29.1 Å². The maximum absolute atomic E-state index is 12.6. The molecule has 0 radical (unpaired) electrons. The summed E-state index contributed by atoms with van der Waals surface area (Å²) in [4.78, 5) is 27.8. The fourth-order valence-electron chi connectivity index (χ4n) is 3.29. The van der Waals surface area contributed by atoms with Crippen molar-refractivity contribution in [2.75, 3.05) is 18.5 Å². The van der Waals surface area contributed by atoms with Gasteiger partial charge in [0, 0.05) is 37.1 Å². The van der Waals surface area contributed by atoms with Gasteiger partial charge in [-0.25, -0.2) is 0 Å². The van der Waals surface area contributed by atoms with Crippen molar-refractivity contribution in [3.63, 3.8) is 0 Å². The first kappa shape index (κ1) is 13.4. The fraction of sp³-hybridized carbons (Fsp3) is 0.250. The lowest BCUT2D eigenvalue weighted by molar-refractivity contribution is -0.146. The third kappa shape index (κ3) is 1.78. The number of aromatic nitrogens is 1. The molecule has 6 heteroatoms. The minimum Gasteiger partial charge on any atom is -0.345 e. The smallest absolute Gasteiger partial charge is 0.317 e. The zero-order chi connectivity index (χ0) is 15.4. The molecular formula is C16H14ClN3O2. The number of rotatable bonds is 0. The van der Waals surface area contributed by atoms with E-state index in [0.717, 1.165) is 16.9 Å². The molecule has 1 fully saturated rings. The van der Waals surface area contributed by atoms with E-state index in [1.54, 1.807) is 18.0 Å². The first-order chi connectivity index (χ1) is 10.6. The van der Waals surface area contributed by atoms with Crippen molar-refractivity contribution < 1.29 is 9.59 Å². The Bertz CT molecular complexity index is 798. The minimum atomic E-state index is -0.503. The molecule has 2 aliphatic heterocycles. The second-order valence-corrected chi connectivity index (χ2v) is 6.15. The Morgan fingerprint density at radius 1 is 1.18 bits per heavy atom. The largest absolute Gasteiger partial charge is 0.345 e. The van der Waals surface area contributed by atoms with Gasteiger partial charge in [0.2, 0.25) is 0 Å². The molecule has 3 heterocycles. The summed E-state index contributed by atoms with van der Waals surface area (Å²) >= 11 is 6.12. The zero-order valence-corrected chi connectivity index (χ0v) is 12.7. The minimum absolute atomic E-state index is 0.190. The lowest BCUT2D eigenvalue weighted by Gasteiger charge is -2.38. The van der Waals surface area contributed by atoms with Gasteiger partial charge >= 0.3 is 11.8 Å². The first-order valence-electron chi connectivity index (χ1n) is 7.08. The number of anilines is 1. The van der Waals surface area contributed by atoms with Gasteiger partial charge in [-0.1, -0.05) is 17.7 Å².